The Balaban J connectivity index is 1.54. The van der Waals surface area contributed by atoms with E-state index >= 15 is 0 Å². The van der Waals surface area contributed by atoms with Gasteiger partial charge in [0.2, 0.25) is 5.95 Å². The van der Waals surface area contributed by atoms with Crippen LogP contribution in [0.25, 0.3) is 0 Å². The molecule has 0 aliphatic carbocycles. The predicted molar refractivity (Wildman–Crippen MR) is 88.7 cm³/mol. The van der Waals surface area contributed by atoms with Crippen molar-refractivity contribution in [1.82, 2.24) is 15.2 Å². The van der Waals surface area contributed by atoms with Crippen LogP contribution in [0.2, 0.25) is 0 Å². The summed E-state index contributed by atoms with van der Waals surface area (Å²) in [4.78, 5) is 6.97. The average Bonchev–Trinajstić information content (AvgIpc) is 2.62. The average molecular weight is 320 g/mol. The molecule has 3 rings (SSSR count). The SMILES string of the molecule is CCc1nnc(N2CCC(OC3CCOCC3)CC2)nc1CC. The maximum atomic E-state index is 6.23. The van der Waals surface area contributed by atoms with Crippen LogP contribution in [0, 0.1) is 0 Å². The van der Waals surface area contributed by atoms with Gasteiger partial charge in [-0.2, -0.15) is 5.10 Å². The lowest BCUT2D eigenvalue weighted by Gasteiger charge is -2.34. The largest absolute Gasteiger partial charge is 0.381 e. The van der Waals surface area contributed by atoms with E-state index in [1.165, 1.54) is 0 Å². The van der Waals surface area contributed by atoms with Crippen LogP contribution >= 0.6 is 0 Å². The van der Waals surface area contributed by atoms with Gasteiger partial charge in [0.1, 0.15) is 0 Å². The minimum absolute atomic E-state index is 0.364. The van der Waals surface area contributed by atoms with Gasteiger partial charge in [-0.05, 0) is 38.5 Å². The summed E-state index contributed by atoms with van der Waals surface area (Å²) in [6, 6.07) is 0. The molecule has 0 radical (unpaired) electrons. The molecule has 0 aromatic carbocycles. The molecule has 128 valence electrons. The molecular formula is C17H28N4O2. The summed E-state index contributed by atoms with van der Waals surface area (Å²) >= 11 is 0. The lowest BCUT2D eigenvalue weighted by Crippen LogP contribution is -2.40. The Hall–Kier alpha value is -1.27. The highest BCUT2D eigenvalue weighted by Crippen LogP contribution is 2.22. The second-order valence-corrected chi connectivity index (χ2v) is 6.35. The molecule has 2 fully saturated rings. The lowest BCUT2D eigenvalue weighted by molar-refractivity contribution is -0.0744. The molecule has 0 saturated carbocycles. The third-order valence-corrected chi connectivity index (χ3v) is 4.78. The zero-order valence-corrected chi connectivity index (χ0v) is 14.3. The molecule has 6 heteroatoms. The number of ether oxygens (including phenoxy) is 2. The Labute approximate surface area is 138 Å². The van der Waals surface area contributed by atoms with E-state index in [0.717, 1.165) is 82.2 Å². The first-order chi connectivity index (χ1) is 11.3. The number of rotatable bonds is 5. The molecule has 3 heterocycles. The zero-order chi connectivity index (χ0) is 16.1. The molecule has 6 nitrogen and oxygen atoms in total. The molecule has 2 aliphatic heterocycles. The molecule has 0 amide bonds. The maximum Gasteiger partial charge on any atom is 0.245 e. The molecule has 1 aromatic heterocycles. The van der Waals surface area contributed by atoms with Crippen LogP contribution in [0.4, 0.5) is 5.95 Å². The highest BCUT2D eigenvalue weighted by atomic mass is 16.5. The summed E-state index contributed by atoms with van der Waals surface area (Å²) in [5.41, 5.74) is 2.10. The Morgan fingerprint density at radius 3 is 2.26 bits per heavy atom. The van der Waals surface area contributed by atoms with E-state index in [4.69, 9.17) is 14.5 Å². The fraction of sp³-hybridized carbons (Fsp3) is 0.824. The van der Waals surface area contributed by atoms with Crippen LogP contribution in [-0.2, 0) is 22.3 Å². The number of anilines is 1. The molecule has 23 heavy (non-hydrogen) atoms. The molecule has 0 atom stereocenters. The van der Waals surface area contributed by atoms with Crippen molar-refractivity contribution >= 4 is 5.95 Å². The Bertz CT molecular complexity index is 497. The smallest absolute Gasteiger partial charge is 0.245 e. The van der Waals surface area contributed by atoms with Crippen molar-refractivity contribution in [2.24, 2.45) is 0 Å². The number of hydrogen-bond acceptors (Lipinski definition) is 6. The first-order valence-corrected chi connectivity index (χ1v) is 9.00. The quantitative estimate of drug-likeness (QED) is 0.828. The normalized spacial score (nSPS) is 20.9. The molecule has 0 bridgehead atoms. The van der Waals surface area contributed by atoms with Gasteiger partial charge in [-0.25, -0.2) is 4.98 Å². The molecular weight excluding hydrogens is 292 g/mol. The highest BCUT2D eigenvalue weighted by molar-refractivity contribution is 5.31. The summed E-state index contributed by atoms with van der Waals surface area (Å²) < 4.78 is 11.6. The van der Waals surface area contributed by atoms with Gasteiger partial charge < -0.3 is 14.4 Å². The van der Waals surface area contributed by atoms with Crippen LogP contribution < -0.4 is 4.90 Å². The van der Waals surface area contributed by atoms with Crippen molar-refractivity contribution in [3.8, 4) is 0 Å². The van der Waals surface area contributed by atoms with Crippen LogP contribution in [0.15, 0.2) is 0 Å². The molecule has 0 spiro atoms. The summed E-state index contributed by atoms with van der Waals surface area (Å²) in [7, 11) is 0. The Kier molecular flexibility index (Phi) is 5.78. The topological polar surface area (TPSA) is 60.4 Å². The van der Waals surface area contributed by atoms with Gasteiger partial charge in [0.05, 0.1) is 23.6 Å². The van der Waals surface area contributed by atoms with Gasteiger partial charge in [0, 0.05) is 26.3 Å². The van der Waals surface area contributed by atoms with Crippen LogP contribution in [-0.4, -0.2) is 53.7 Å². The minimum atomic E-state index is 0.364. The van der Waals surface area contributed by atoms with E-state index in [9.17, 15) is 0 Å². The van der Waals surface area contributed by atoms with Crippen molar-refractivity contribution in [3.63, 3.8) is 0 Å². The van der Waals surface area contributed by atoms with E-state index in [2.05, 4.69) is 28.9 Å². The molecule has 0 N–H and O–H groups in total. The zero-order valence-electron chi connectivity index (χ0n) is 14.3. The van der Waals surface area contributed by atoms with Gasteiger partial charge in [0.25, 0.3) is 0 Å². The number of nitrogens with zero attached hydrogens (tertiary/aromatic N) is 4. The number of aromatic nitrogens is 3. The first-order valence-electron chi connectivity index (χ1n) is 9.00. The fourth-order valence-corrected chi connectivity index (χ4v) is 3.34. The summed E-state index contributed by atoms with van der Waals surface area (Å²) in [6.45, 7) is 7.80. The third kappa shape index (κ3) is 4.18. The van der Waals surface area contributed by atoms with E-state index in [0.29, 0.717) is 12.2 Å². The van der Waals surface area contributed by atoms with Gasteiger partial charge in [-0.3, -0.25) is 0 Å². The predicted octanol–water partition coefficient (Wildman–Crippen LogP) is 2.16. The van der Waals surface area contributed by atoms with E-state index < -0.39 is 0 Å². The van der Waals surface area contributed by atoms with E-state index in [1.54, 1.807) is 0 Å². The first kappa shape index (κ1) is 16.6. The van der Waals surface area contributed by atoms with Gasteiger partial charge in [-0.1, -0.05) is 13.8 Å². The van der Waals surface area contributed by atoms with Crippen LogP contribution in [0.3, 0.4) is 0 Å². The van der Waals surface area contributed by atoms with E-state index in [-0.39, 0.29) is 0 Å². The number of hydrogen-bond donors (Lipinski definition) is 0. The van der Waals surface area contributed by atoms with Crippen molar-refractivity contribution in [2.45, 2.75) is 64.6 Å². The highest BCUT2D eigenvalue weighted by Gasteiger charge is 2.25. The van der Waals surface area contributed by atoms with Crippen molar-refractivity contribution in [3.05, 3.63) is 11.4 Å². The second-order valence-electron chi connectivity index (χ2n) is 6.35. The van der Waals surface area contributed by atoms with Crippen molar-refractivity contribution in [1.29, 1.82) is 0 Å². The second kappa shape index (κ2) is 8.02. The van der Waals surface area contributed by atoms with Gasteiger partial charge >= 0.3 is 0 Å². The van der Waals surface area contributed by atoms with Gasteiger partial charge in [-0.15, -0.1) is 5.10 Å². The van der Waals surface area contributed by atoms with Crippen LogP contribution in [0.1, 0.15) is 50.9 Å². The lowest BCUT2D eigenvalue weighted by atomic mass is 10.1. The Morgan fingerprint density at radius 2 is 1.61 bits per heavy atom. The fourth-order valence-electron chi connectivity index (χ4n) is 3.34. The van der Waals surface area contributed by atoms with Crippen molar-refractivity contribution < 1.29 is 9.47 Å². The molecule has 2 saturated heterocycles. The minimum Gasteiger partial charge on any atom is -0.381 e. The maximum absolute atomic E-state index is 6.23. The molecule has 0 unspecified atom stereocenters. The van der Waals surface area contributed by atoms with E-state index in [1.807, 2.05) is 0 Å². The molecule has 1 aromatic rings. The van der Waals surface area contributed by atoms with Crippen LogP contribution in [0.5, 0.6) is 0 Å². The van der Waals surface area contributed by atoms with Gasteiger partial charge in [0.15, 0.2) is 0 Å². The number of piperidine rings is 1. The standard InChI is InChI=1S/C17H28N4O2/c1-3-15-16(4-2)19-20-17(18-15)21-9-5-13(6-10-21)23-14-7-11-22-12-8-14/h13-14H,3-12H2,1-2H3. The third-order valence-electron chi connectivity index (χ3n) is 4.78. The summed E-state index contributed by atoms with van der Waals surface area (Å²) in [5, 5.41) is 8.69. The summed E-state index contributed by atoms with van der Waals surface area (Å²) in [6.07, 6.45) is 6.70. The monoisotopic (exact) mass is 320 g/mol. The molecule has 2 aliphatic rings. The Morgan fingerprint density at radius 1 is 0.957 bits per heavy atom. The summed E-state index contributed by atoms with van der Waals surface area (Å²) in [5.74, 6) is 0.781. The number of aryl methyl sites for hydroxylation is 2. The van der Waals surface area contributed by atoms with Crippen molar-refractivity contribution in [2.75, 3.05) is 31.2 Å².